The van der Waals surface area contributed by atoms with E-state index in [1.165, 1.54) is 6.92 Å². The van der Waals surface area contributed by atoms with Gasteiger partial charge in [-0.1, -0.05) is 0 Å². The molecule has 0 heterocycles. The van der Waals surface area contributed by atoms with Crippen LogP contribution in [0.1, 0.15) is 37.0 Å². The topological polar surface area (TPSA) is 84.5 Å². The van der Waals surface area contributed by atoms with Crippen LogP contribution in [0.3, 0.4) is 0 Å². The molecular formula is C21H22N2O4. The molecule has 1 aliphatic rings. The second-order valence-corrected chi connectivity index (χ2v) is 6.58. The minimum Gasteiger partial charge on any atom is -0.494 e. The molecule has 6 heteroatoms. The molecule has 2 aromatic carbocycles. The smallest absolute Gasteiger partial charge is 0.240 e. The number of carbonyl (C=O) groups is 3. The van der Waals surface area contributed by atoms with Crippen molar-refractivity contribution in [3.63, 3.8) is 0 Å². The lowest BCUT2D eigenvalue weighted by Gasteiger charge is -2.16. The van der Waals surface area contributed by atoms with E-state index in [1.807, 2.05) is 6.92 Å². The second kappa shape index (κ2) is 7.61. The fourth-order valence-electron chi connectivity index (χ4n) is 2.77. The molecule has 0 spiro atoms. The highest BCUT2D eigenvalue weighted by Gasteiger charge is 2.56. The van der Waals surface area contributed by atoms with Crippen molar-refractivity contribution in [2.75, 3.05) is 17.2 Å². The van der Waals surface area contributed by atoms with E-state index in [0.717, 1.165) is 5.75 Å². The number of carbonyl (C=O) groups excluding carboxylic acids is 3. The third-order valence-corrected chi connectivity index (χ3v) is 4.59. The van der Waals surface area contributed by atoms with E-state index in [4.69, 9.17) is 4.74 Å². The van der Waals surface area contributed by atoms with Crippen LogP contribution in [0.4, 0.5) is 11.4 Å². The summed E-state index contributed by atoms with van der Waals surface area (Å²) in [4.78, 5) is 36.6. The average molecular weight is 366 g/mol. The molecule has 1 aliphatic carbocycles. The van der Waals surface area contributed by atoms with E-state index in [-0.39, 0.29) is 17.6 Å². The molecule has 2 aromatic rings. The lowest BCUT2D eigenvalue weighted by molar-refractivity contribution is -0.131. The molecule has 6 nitrogen and oxygen atoms in total. The Labute approximate surface area is 157 Å². The highest BCUT2D eigenvalue weighted by atomic mass is 16.5. The van der Waals surface area contributed by atoms with E-state index < -0.39 is 5.41 Å². The molecule has 140 valence electrons. The van der Waals surface area contributed by atoms with Crippen molar-refractivity contribution in [2.24, 2.45) is 5.41 Å². The summed E-state index contributed by atoms with van der Waals surface area (Å²) >= 11 is 0. The van der Waals surface area contributed by atoms with Crippen LogP contribution < -0.4 is 15.4 Å². The number of hydrogen-bond acceptors (Lipinski definition) is 4. The van der Waals surface area contributed by atoms with Gasteiger partial charge in [0.25, 0.3) is 0 Å². The van der Waals surface area contributed by atoms with Gasteiger partial charge in [-0.3, -0.25) is 14.4 Å². The van der Waals surface area contributed by atoms with E-state index in [9.17, 15) is 14.4 Å². The normalized spacial score (nSPS) is 14.1. The molecule has 0 bridgehead atoms. The van der Waals surface area contributed by atoms with Crippen molar-refractivity contribution in [2.45, 2.75) is 26.7 Å². The summed E-state index contributed by atoms with van der Waals surface area (Å²) in [6.07, 6.45) is 1.01. The molecule has 2 amide bonds. The number of nitrogens with one attached hydrogen (secondary N) is 2. The fourth-order valence-corrected chi connectivity index (χ4v) is 2.77. The standard InChI is InChI=1S/C21H22N2O4/c1-3-27-18-10-8-17(9-11-18)23-20(26)21(12-13-21)19(25)22-16-6-4-15(5-7-16)14(2)24/h4-11H,3,12-13H2,1-2H3,(H,22,25)(H,23,26). The second-order valence-electron chi connectivity index (χ2n) is 6.58. The van der Waals surface area contributed by atoms with Gasteiger partial charge >= 0.3 is 0 Å². The summed E-state index contributed by atoms with van der Waals surface area (Å²) in [5.74, 6) is 0.0377. The summed E-state index contributed by atoms with van der Waals surface area (Å²) in [5.41, 5.74) is 0.707. The largest absolute Gasteiger partial charge is 0.494 e. The summed E-state index contributed by atoms with van der Waals surface area (Å²) in [6, 6.07) is 13.7. The Balaban J connectivity index is 1.63. The van der Waals surface area contributed by atoms with Crippen molar-refractivity contribution in [1.82, 2.24) is 0 Å². The van der Waals surface area contributed by atoms with E-state index >= 15 is 0 Å². The first kappa shape index (κ1) is 18.6. The van der Waals surface area contributed by atoms with Crippen LogP contribution in [0.15, 0.2) is 48.5 Å². The number of hydrogen-bond donors (Lipinski definition) is 2. The molecule has 0 aromatic heterocycles. The molecule has 0 saturated heterocycles. The van der Waals surface area contributed by atoms with Crippen molar-refractivity contribution in [1.29, 1.82) is 0 Å². The van der Waals surface area contributed by atoms with Crippen LogP contribution in [-0.2, 0) is 9.59 Å². The van der Waals surface area contributed by atoms with Gasteiger partial charge in [0.2, 0.25) is 11.8 Å². The number of rotatable bonds is 7. The summed E-state index contributed by atoms with van der Waals surface area (Å²) in [5, 5.41) is 5.58. The SMILES string of the molecule is CCOc1ccc(NC(=O)C2(C(=O)Nc3ccc(C(C)=O)cc3)CC2)cc1. The number of Topliss-reactive ketones (excluding diaryl/α,β-unsaturated/α-hetero) is 1. The van der Waals surface area contributed by atoms with Crippen LogP contribution in [-0.4, -0.2) is 24.2 Å². The number of ketones is 1. The number of anilines is 2. The molecule has 27 heavy (non-hydrogen) atoms. The fraction of sp³-hybridized carbons (Fsp3) is 0.286. The van der Waals surface area contributed by atoms with Gasteiger partial charge in [0.15, 0.2) is 5.78 Å². The van der Waals surface area contributed by atoms with Crippen LogP contribution in [0.5, 0.6) is 5.75 Å². The van der Waals surface area contributed by atoms with Gasteiger partial charge in [0.1, 0.15) is 11.2 Å². The Morgan fingerprint density at radius 2 is 1.37 bits per heavy atom. The van der Waals surface area contributed by atoms with Gasteiger partial charge in [-0.2, -0.15) is 0 Å². The molecular weight excluding hydrogens is 344 g/mol. The maximum atomic E-state index is 12.6. The van der Waals surface area contributed by atoms with Crippen LogP contribution in [0.25, 0.3) is 0 Å². The summed E-state index contributed by atoms with van der Waals surface area (Å²) in [6.45, 7) is 3.96. The predicted molar refractivity (Wildman–Crippen MR) is 103 cm³/mol. The number of benzene rings is 2. The van der Waals surface area contributed by atoms with E-state index in [1.54, 1.807) is 48.5 Å². The lowest BCUT2D eigenvalue weighted by Crippen LogP contribution is -2.35. The maximum absolute atomic E-state index is 12.6. The lowest BCUT2D eigenvalue weighted by atomic mass is 10.0. The zero-order valence-electron chi connectivity index (χ0n) is 15.4. The van der Waals surface area contributed by atoms with Gasteiger partial charge in [-0.15, -0.1) is 0 Å². The molecule has 1 fully saturated rings. The van der Waals surface area contributed by atoms with Crippen LogP contribution in [0, 0.1) is 5.41 Å². The first-order valence-corrected chi connectivity index (χ1v) is 8.91. The minimum atomic E-state index is -1.04. The summed E-state index contributed by atoms with van der Waals surface area (Å²) < 4.78 is 5.38. The highest BCUT2D eigenvalue weighted by Crippen LogP contribution is 2.47. The molecule has 0 aliphatic heterocycles. The van der Waals surface area contributed by atoms with Crippen LogP contribution in [0.2, 0.25) is 0 Å². The highest BCUT2D eigenvalue weighted by molar-refractivity contribution is 6.17. The first-order chi connectivity index (χ1) is 12.9. The van der Waals surface area contributed by atoms with Gasteiger partial charge < -0.3 is 15.4 Å². The van der Waals surface area contributed by atoms with Gasteiger partial charge in [-0.25, -0.2) is 0 Å². The van der Waals surface area contributed by atoms with Crippen molar-refractivity contribution in [3.05, 3.63) is 54.1 Å². The third kappa shape index (κ3) is 4.16. The Morgan fingerprint density at radius 1 is 0.889 bits per heavy atom. The van der Waals surface area contributed by atoms with Gasteiger partial charge in [0, 0.05) is 16.9 Å². The Bertz CT molecular complexity index is 853. The van der Waals surface area contributed by atoms with Gasteiger partial charge in [0.05, 0.1) is 6.61 Å². The molecule has 3 rings (SSSR count). The molecule has 0 unspecified atom stereocenters. The monoisotopic (exact) mass is 366 g/mol. The first-order valence-electron chi connectivity index (χ1n) is 8.91. The zero-order valence-corrected chi connectivity index (χ0v) is 15.4. The number of ether oxygens (including phenoxy) is 1. The summed E-state index contributed by atoms with van der Waals surface area (Å²) in [7, 11) is 0. The maximum Gasteiger partial charge on any atom is 0.240 e. The Morgan fingerprint density at radius 3 is 1.78 bits per heavy atom. The van der Waals surface area contributed by atoms with Crippen LogP contribution >= 0.6 is 0 Å². The van der Waals surface area contributed by atoms with Crippen molar-refractivity contribution in [3.8, 4) is 5.75 Å². The predicted octanol–water partition coefficient (Wildman–Crippen LogP) is 3.65. The van der Waals surface area contributed by atoms with Crippen molar-refractivity contribution < 1.29 is 19.1 Å². The van der Waals surface area contributed by atoms with Gasteiger partial charge in [-0.05, 0) is 75.2 Å². The van der Waals surface area contributed by atoms with Crippen molar-refractivity contribution >= 4 is 29.0 Å². The minimum absolute atomic E-state index is 0.0405. The quantitative estimate of drug-likeness (QED) is 0.579. The average Bonchev–Trinajstić information content (AvgIpc) is 3.46. The number of amides is 2. The molecule has 0 atom stereocenters. The zero-order chi connectivity index (χ0) is 19.4. The molecule has 0 radical (unpaired) electrons. The van der Waals surface area contributed by atoms with E-state index in [0.29, 0.717) is 36.4 Å². The Hall–Kier alpha value is -3.15. The Kier molecular flexibility index (Phi) is 5.26. The molecule has 1 saturated carbocycles. The molecule has 2 N–H and O–H groups in total. The third-order valence-electron chi connectivity index (χ3n) is 4.59. The van der Waals surface area contributed by atoms with E-state index in [2.05, 4.69) is 10.6 Å².